The van der Waals surface area contributed by atoms with Crippen molar-refractivity contribution >= 4 is 38.9 Å². The van der Waals surface area contributed by atoms with Crippen LogP contribution in [-0.4, -0.2) is 4.57 Å². The van der Waals surface area contributed by atoms with Crippen LogP contribution in [-0.2, 0) is 5.41 Å². The van der Waals surface area contributed by atoms with Crippen LogP contribution in [0.4, 0.5) is 17.1 Å². The summed E-state index contributed by atoms with van der Waals surface area (Å²) in [4.78, 5) is 2.46. The van der Waals surface area contributed by atoms with Crippen LogP contribution in [0.3, 0.4) is 0 Å². The lowest BCUT2D eigenvalue weighted by Gasteiger charge is -2.54. The van der Waals surface area contributed by atoms with Crippen molar-refractivity contribution in [1.29, 1.82) is 0 Å². The van der Waals surface area contributed by atoms with Gasteiger partial charge in [-0.15, -0.1) is 0 Å². The standard InChI is InChI=1S/C59H50N2/c1-39-34-41-36-40(2)59(46(35-39)37-41)55-17-9-6-14-51(55)54-38-50(32-33-56(54)59)60(47-26-20-43(21-27-47)42-12-4-3-5-13-42)48-28-22-44(23-29-48)45-24-30-49(31-25-45)61-57-18-10-7-15-52(57)53-16-8-11-19-58(53)61/h3-33,38-41,46H,34-37H2,1-2H3/t39-,40+,41-,46-,59?/m0/s1. The van der Waals surface area contributed by atoms with E-state index in [0.29, 0.717) is 11.8 Å². The SMILES string of the molecule is C[C@H]1C[C@@H]2C[C@H](C1)C1(c3ccccc3-c3cc(N(c4ccc(-c5ccccc5)cc4)c4ccc(-c5ccc(-n6c7ccccc7c7ccccc76)cc5)cc4)ccc31)[C@H](C)C2. The molecule has 3 aliphatic carbocycles. The second-order valence-corrected chi connectivity index (χ2v) is 18.4. The lowest BCUT2D eigenvalue weighted by Crippen LogP contribution is -2.49. The molecule has 2 bridgehead atoms. The number of aromatic nitrogens is 1. The van der Waals surface area contributed by atoms with Crippen molar-refractivity contribution in [2.24, 2.45) is 23.7 Å². The lowest BCUT2D eigenvalue weighted by atomic mass is 9.49. The minimum atomic E-state index is 0.0799. The van der Waals surface area contributed by atoms with Crippen molar-refractivity contribution in [1.82, 2.24) is 4.57 Å². The second kappa shape index (κ2) is 14.2. The Labute approximate surface area is 359 Å². The summed E-state index contributed by atoms with van der Waals surface area (Å²) >= 11 is 0. The first-order chi connectivity index (χ1) is 30.0. The van der Waals surface area contributed by atoms with Gasteiger partial charge in [-0.1, -0.05) is 147 Å². The smallest absolute Gasteiger partial charge is 0.0541 e. The van der Waals surface area contributed by atoms with E-state index >= 15 is 0 Å². The number of rotatable bonds is 6. The average Bonchev–Trinajstić information content (AvgIpc) is 3.80. The van der Waals surface area contributed by atoms with Crippen LogP contribution in [0.15, 0.2) is 194 Å². The van der Waals surface area contributed by atoms with Gasteiger partial charge in [0.15, 0.2) is 0 Å². The molecule has 296 valence electrons. The van der Waals surface area contributed by atoms with E-state index in [1.165, 1.54) is 92.2 Å². The van der Waals surface area contributed by atoms with Crippen molar-refractivity contribution in [2.45, 2.75) is 44.9 Å². The molecule has 1 aromatic heterocycles. The van der Waals surface area contributed by atoms with Crippen LogP contribution in [0.25, 0.3) is 60.9 Å². The minimum Gasteiger partial charge on any atom is -0.310 e. The number of para-hydroxylation sites is 2. The van der Waals surface area contributed by atoms with Gasteiger partial charge in [0.05, 0.1) is 11.0 Å². The summed E-state index contributed by atoms with van der Waals surface area (Å²) in [7, 11) is 0. The molecule has 2 fully saturated rings. The molecule has 2 saturated carbocycles. The fraction of sp³-hybridized carbons (Fsp3) is 0.186. The van der Waals surface area contributed by atoms with E-state index < -0.39 is 0 Å². The van der Waals surface area contributed by atoms with Gasteiger partial charge in [0.2, 0.25) is 0 Å². The summed E-state index contributed by atoms with van der Waals surface area (Å²) in [5, 5.41) is 2.56. The van der Waals surface area contributed by atoms with Crippen molar-refractivity contribution in [3.05, 3.63) is 205 Å². The molecular formula is C59H50N2. The molecule has 0 N–H and O–H groups in total. The molecule has 0 amide bonds. The molecule has 1 heterocycles. The lowest BCUT2D eigenvalue weighted by molar-refractivity contribution is 0.0426. The van der Waals surface area contributed by atoms with Crippen molar-refractivity contribution in [3.63, 3.8) is 0 Å². The normalized spacial score (nSPS) is 21.4. The van der Waals surface area contributed by atoms with Gasteiger partial charge in [0.1, 0.15) is 0 Å². The number of anilines is 3. The van der Waals surface area contributed by atoms with E-state index in [4.69, 9.17) is 0 Å². The molecule has 61 heavy (non-hydrogen) atoms. The first-order valence-corrected chi connectivity index (χ1v) is 22.4. The first-order valence-electron chi connectivity index (χ1n) is 22.4. The maximum absolute atomic E-state index is 2.56. The van der Waals surface area contributed by atoms with E-state index in [-0.39, 0.29) is 5.41 Å². The third-order valence-electron chi connectivity index (χ3n) is 14.9. The Kier molecular flexibility index (Phi) is 8.46. The zero-order chi connectivity index (χ0) is 40.7. The van der Waals surface area contributed by atoms with Gasteiger partial charge in [-0.05, 0) is 155 Å². The Morgan fingerprint density at radius 2 is 0.967 bits per heavy atom. The average molecular weight is 787 g/mol. The topological polar surface area (TPSA) is 8.17 Å². The molecule has 3 aliphatic rings. The van der Waals surface area contributed by atoms with Gasteiger partial charge in [-0.25, -0.2) is 0 Å². The maximum Gasteiger partial charge on any atom is 0.0541 e. The zero-order valence-corrected chi connectivity index (χ0v) is 35.0. The molecule has 1 spiro atoms. The number of fused-ring (bicyclic) bond motifs is 11. The highest BCUT2D eigenvalue weighted by Gasteiger charge is 2.56. The molecule has 2 nitrogen and oxygen atoms in total. The maximum atomic E-state index is 2.56. The van der Waals surface area contributed by atoms with E-state index in [1.807, 2.05) is 0 Å². The molecule has 0 saturated heterocycles. The third-order valence-corrected chi connectivity index (χ3v) is 14.9. The summed E-state index contributed by atoms with van der Waals surface area (Å²) in [5.74, 6) is 2.95. The molecule has 1 unspecified atom stereocenters. The first kappa shape index (κ1) is 36.2. The van der Waals surface area contributed by atoms with Crippen molar-refractivity contribution in [2.75, 3.05) is 4.90 Å². The van der Waals surface area contributed by atoms with E-state index in [0.717, 1.165) is 23.2 Å². The summed E-state index contributed by atoms with van der Waals surface area (Å²) in [6, 6.07) is 72.4. The van der Waals surface area contributed by atoms with Gasteiger partial charge in [-0.3, -0.25) is 0 Å². The summed E-state index contributed by atoms with van der Waals surface area (Å²) in [6.07, 6.45) is 5.41. The quantitative estimate of drug-likeness (QED) is 0.163. The Bertz CT molecular complexity index is 3010. The van der Waals surface area contributed by atoms with Crippen LogP contribution < -0.4 is 4.90 Å². The Hall–Kier alpha value is -6.64. The van der Waals surface area contributed by atoms with Crippen LogP contribution in [0.2, 0.25) is 0 Å². The van der Waals surface area contributed by atoms with Crippen molar-refractivity contribution in [3.8, 4) is 39.1 Å². The number of hydrogen-bond donors (Lipinski definition) is 0. The molecule has 12 rings (SSSR count). The zero-order valence-electron chi connectivity index (χ0n) is 35.0. The number of hydrogen-bond acceptors (Lipinski definition) is 1. The van der Waals surface area contributed by atoms with Crippen LogP contribution in [0.1, 0.15) is 50.7 Å². The van der Waals surface area contributed by atoms with Gasteiger partial charge in [-0.2, -0.15) is 0 Å². The van der Waals surface area contributed by atoms with E-state index in [2.05, 4.69) is 217 Å². The van der Waals surface area contributed by atoms with Crippen LogP contribution >= 0.6 is 0 Å². The molecule has 0 aliphatic heterocycles. The van der Waals surface area contributed by atoms with Crippen LogP contribution in [0.5, 0.6) is 0 Å². The van der Waals surface area contributed by atoms with Gasteiger partial charge in [0.25, 0.3) is 0 Å². The van der Waals surface area contributed by atoms with Gasteiger partial charge >= 0.3 is 0 Å². The highest BCUT2D eigenvalue weighted by Crippen LogP contribution is 2.65. The van der Waals surface area contributed by atoms with Crippen molar-refractivity contribution < 1.29 is 0 Å². The molecule has 2 heteroatoms. The molecular weight excluding hydrogens is 737 g/mol. The highest BCUT2D eigenvalue weighted by molar-refractivity contribution is 6.09. The van der Waals surface area contributed by atoms with E-state index in [1.54, 1.807) is 11.1 Å². The van der Waals surface area contributed by atoms with Crippen LogP contribution in [0, 0.1) is 23.7 Å². The third kappa shape index (κ3) is 5.68. The summed E-state index contributed by atoms with van der Waals surface area (Å²) < 4.78 is 2.39. The predicted molar refractivity (Wildman–Crippen MR) is 256 cm³/mol. The fourth-order valence-corrected chi connectivity index (χ4v) is 12.5. The molecule has 8 aromatic carbocycles. The second-order valence-electron chi connectivity index (χ2n) is 18.4. The van der Waals surface area contributed by atoms with Gasteiger partial charge in [0, 0.05) is 38.9 Å². The predicted octanol–water partition coefficient (Wildman–Crippen LogP) is 15.9. The Morgan fingerprint density at radius 3 is 1.62 bits per heavy atom. The number of benzene rings is 8. The van der Waals surface area contributed by atoms with E-state index in [9.17, 15) is 0 Å². The fourth-order valence-electron chi connectivity index (χ4n) is 12.5. The summed E-state index contributed by atoms with van der Waals surface area (Å²) in [5.41, 5.74) is 18.0. The molecule has 5 atom stereocenters. The molecule has 0 radical (unpaired) electrons. The van der Waals surface area contributed by atoms with Gasteiger partial charge < -0.3 is 9.47 Å². The molecule has 9 aromatic rings. The summed E-state index contributed by atoms with van der Waals surface area (Å²) in [6.45, 7) is 5.07. The Morgan fingerprint density at radius 1 is 0.443 bits per heavy atom. The Balaban J connectivity index is 0.940. The number of nitrogens with zero attached hydrogens (tertiary/aromatic N) is 2. The largest absolute Gasteiger partial charge is 0.310 e. The highest BCUT2D eigenvalue weighted by atomic mass is 15.1. The monoisotopic (exact) mass is 786 g/mol. The minimum absolute atomic E-state index is 0.0799.